The molecule has 0 amide bonds. The number of aryl methyl sites for hydroxylation is 1. The molecule has 0 saturated heterocycles. The van der Waals surface area contributed by atoms with Crippen LogP contribution in [0.1, 0.15) is 9.88 Å². The molecule has 11 heavy (non-hydrogen) atoms. The SMILES string of the molecule is CNCC=Cc1cnc(C)s1. The summed E-state index contributed by atoms with van der Waals surface area (Å²) in [5, 5.41) is 4.16. The van der Waals surface area contributed by atoms with Gasteiger partial charge >= 0.3 is 0 Å². The highest BCUT2D eigenvalue weighted by Gasteiger charge is 1.90. The summed E-state index contributed by atoms with van der Waals surface area (Å²) in [5.41, 5.74) is 0. The van der Waals surface area contributed by atoms with Crippen LogP contribution in [0.25, 0.3) is 6.08 Å². The van der Waals surface area contributed by atoms with E-state index in [1.165, 1.54) is 4.88 Å². The van der Waals surface area contributed by atoms with Gasteiger partial charge in [-0.2, -0.15) is 0 Å². The lowest BCUT2D eigenvalue weighted by atomic mass is 10.4. The molecule has 1 N–H and O–H groups in total. The van der Waals surface area contributed by atoms with Gasteiger partial charge in [0.15, 0.2) is 0 Å². The first-order valence-corrected chi connectivity index (χ1v) is 4.38. The maximum atomic E-state index is 4.14. The normalized spacial score (nSPS) is 11.1. The standard InChI is InChI=1S/C8H12N2S/c1-7-10-6-8(11-7)4-3-5-9-2/h3-4,6,9H,5H2,1-2H3. The zero-order valence-corrected chi connectivity index (χ0v) is 7.61. The second kappa shape index (κ2) is 4.26. The van der Waals surface area contributed by atoms with Crippen LogP contribution < -0.4 is 5.32 Å². The van der Waals surface area contributed by atoms with Crippen LogP contribution in [0.3, 0.4) is 0 Å². The molecule has 2 nitrogen and oxygen atoms in total. The van der Waals surface area contributed by atoms with Gasteiger partial charge in [0, 0.05) is 17.6 Å². The number of nitrogens with zero attached hydrogens (tertiary/aromatic N) is 1. The Balaban J connectivity index is 2.50. The topological polar surface area (TPSA) is 24.9 Å². The Morgan fingerprint density at radius 2 is 2.55 bits per heavy atom. The first kappa shape index (κ1) is 8.43. The van der Waals surface area contributed by atoms with Crippen molar-refractivity contribution >= 4 is 17.4 Å². The van der Waals surface area contributed by atoms with E-state index in [0.29, 0.717) is 0 Å². The summed E-state index contributed by atoms with van der Waals surface area (Å²) in [6.07, 6.45) is 6.07. The molecule has 0 aliphatic carbocycles. The van der Waals surface area contributed by atoms with Gasteiger partial charge in [-0.15, -0.1) is 11.3 Å². The first-order chi connectivity index (χ1) is 5.33. The highest BCUT2D eigenvalue weighted by Crippen LogP contribution is 2.12. The summed E-state index contributed by atoms with van der Waals surface area (Å²) in [4.78, 5) is 5.36. The second-order valence-corrected chi connectivity index (χ2v) is 3.51. The summed E-state index contributed by atoms with van der Waals surface area (Å²) in [6, 6.07) is 0. The molecule has 1 heterocycles. The number of rotatable bonds is 3. The number of hydrogen-bond acceptors (Lipinski definition) is 3. The molecule has 60 valence electrons. The third-order valence-corrected chi connectivity index (χ3v) is 2.12. The van der Waals surface area contributed by atoms with Crippen molar-refractivity contribution in [1.29, 1.82) is 0 Å². The molecular weight excluding hydrogens is 156 g/mol. The van der Waals surface area contributed by atoms with Crippen molar-refractivity contribution in [2.45, 2.75) is 6.92 Å². The van der Waals surface area contributed by atoms with Crippen molar-refractivity contribution in [3.8, 4) is 0 Å². The monoisotopic (exact) mass is 168 g/mol. The molecule has 0 aromatic carbocycles. The minimum atomic E-state index is 0.914. The van der Waals surface area contributed by atoms with E-state index in [9.17, 15) is 0 Å². The highest BCUT2D eigenvalue weighted by atomic mass is 32.1. The summed E-state index contributed by atoms with van der Waals surface area (Å²) in [6.45, 7) is 2.93. The van der Waals surface area contributed by atoms with Gasteiger partial charge in [-0.25, -0.2) is 4.98 Å². The van der Waals surface area contributed by atoms with Crippen molar-refractivity contribution in [3.63, 3.8) is 0 Å². The summed E-state index contributed by atoms with van der Waals surface area (Å²) in [7, 11) is 1.93. The number of nitrogens with one attached hydrogen (secondary N) is 1. The van der Waals surface area contributed by atoms with Crippen LogP contribution >= 0.6 is 11.3 Å². The average Bonchev–Trinajstić information content (AvgIpc) is 2.37. The van der Waals surface area contributed by atoms with Crippen molar-refractivity contribution in [1.82, 2.24) is 10.3 Å². The third-order valence-electron chi connectivity index (χ3n) is 1.24. The van der Waals surface area contributed by atoms with E-state index >= 15 is 0 Å². The van der Waals surface area contributed by atoms with Crippen molar-refractivity contribution in [2.24, 2.45) is 0 Å². The Morgan fingerprint density at radius 3 is 3.09 bits per heavy atom. The molecule has 0 fully saturated rings. The van der Waals surface area contributed by atoms with Crippen LogP contribution in [-0.2, 0) is 0 Å². The Bertz CT molecular complexity index is 240. The molecule has 0 unspecified atom stereocenters. The van der Waals surface area contributed by atoms with E-state index < -0.39 is 0 Å². The van der Waals surface area contributed by atoms with Gasteiger partial charge in [0.1, 0.15) is 0 Å². The van der Waals surface area contributed by atoms with E-state index in [-0.39, 0.29) is 0 Å². The van der Waals surface area contributed by atoms with Gasteiger partial charge in [0.25, 0.3) is 0 Å². The van der Waals surface area contributed by atoms with Gasteiger partial charge < -0.3 is 5.32 Å². The smallest absolute Gasteiger partial charge is 0.0900 e. The van der Waals surface area contributed by atoms with Crippen LogP contribution in [-0.4, -0.2) is 18.6 Å². The fraction of sp³-hybridized carbons (Fsp3) is 0.375. The van der Waals surface area contributed by atoms with Gasteiger partial charge in [-0.1, -0.05) is 6.08 Å². The van der Waals surface area contributed by atoms with Crippen LogP contribution in [0.4, 0.5) is 0 Å². The molecular formula is C8H12N2S. The molecule has 0 aliphatic heterocycles. The first-order valence-electron chi connectivity index (χ1n) is 3.56. The summed E-state index contributed by atoms with van der Waals surface area (Å²) < 4.78 is 0. The number of likely N-dealkylation sites (N-methyl/N-ethyl adjacent to an activating group) is 1. The maximum absolute atomic E-state index is 4.14. The Labute approximate surface area is 71.0 Å². The van der Waals surface area contributed by atoms with Gasteiger partial charge in [0.2, 0.25) is 0 Å². The molecule has 1 rings (SSSR count). The molecule has 0 saturated carbocycles. The molecule has 1 aromatic rings. The van der Waals surface area contributed by atoms with Gasteiger partial charge in [-0.3, -0.25) is 0 Å². The zero-order chi connectivity index (χ0) is 8.10. The zero-order valence-electron chi connectivity index (χ0n) is 6.79. The molecule has 0 bridgehead atoms. The van der Waals surface area contributed by atoms with Crippen molar-refractivity contribution < 1.29 is 0 Å². The third kappa shape index (κ3) is 2.82. The summed E-state index contributed by atoms with van der Waals surface area (Å²) in [5.74, 6) is 0. The minimum absolute atomic E-state index is 0.914. The predicted molar refractivity (Wildman–Crippen MR) is 49.8 cm³/mol. The van der Waals surface area contributed by atoms with Crippen molar-refractivity contribution in [3.05, 3.63) is 22.2 Å². The lowest BCUT2D eigenvalue weighted by Gasteiger charge is -1.85. The molecule has 0 radical (unpaired) electrons. The van der Waals surface area contributed by atoms with E-state index in [1.807, 2.05) is 20.2 Å². The lowest BCUT2D eigenvalue weighted by molar-refractivity contribution is 0.922. The van der Waals surface area contributed by atoms with Crippen LogP contribution in [0.5, 0.6) is 0 Å². The number of thiazole rings is 1. The quantitative estimate of drug-likeness (QED) is 0.743. The maximum Gasteiger partial charge on any atom is 0.0900 e. The highest BCUT2D eigenvalue weighted by molar-refractivity contribution is 7.12. The lowest BCUT2D eigenvalue weighted by Crippen LogP contribution is -2.03. The summed E-state index contributed by atoms with van der Waals surface area (Å²) >= 11 is 1.71. The van der Waals surface area contributed by atoms with E-state index in [1.54, 1.807) is 11.3 Å². The van der Waals surface area contributed by atoms with Crippen LogP contribution in [0.15, 0.2) is 12.3 Å². The fourth-order valence-electron chi connectivity index (χ4n) is 0.748. The second-order valence-electron chi connectivity index (χ2n) is 2.24. The van der Waals surface area contributed by atoms with E-state index in [2.05, 4.69) is 22.5 Å². The molecule has 0 atom stereocenters. The minimum Gasteiger partial charge on any atom is -0.316 e. The number of aromatic nitrogens is 1. The Hall–Kier alpha value is -0.670. The predicted octanol–water partition coefficient (Wildman–Crippen LogP) is 1.68. The molecule has 0 aliphatic rings. The van der Waals surface area contributed by atoms with Gasteiger partial charge in [-0.05, 0) is 20.0 Å². The number of hydrogen-bond donors (Lipinski definition) is 1. The molecule has 3 heteroatoms. The Kier molecular flexibility index (Phi) is 3.26. The largest absolute Gasteiger partial charge is 0.316 e. The van der Waals surface area contributed by atoms with Crippen LogP contribution in [0.2, 0.25) is 0 Å². The van der Waals surface area contributed by atoms with E-state index in [4.69, 9.17) is 0 Å². The van der Waals surface area contributed by atoms with Crippen LogP contribution in [0, 0.1) is 6.92 Å². The average molecular weight is 168 g/mol. The molecule has 0 spiro atoms. The fourth-order valence-corrected chi connectivity index (χ4v) is 1.46. The van der Waals surface area contributed by atoms with E-state index in [0.717, 1.165) is 11.6 Å². The Morgan fingerprint density at radius 1 is 1.73 bits per heavy atom. The van der Waals surface area contributed by atoms with Gasteiger partial charge in [0.05, 0.1) is 5.01 Å². The van der Waals surface area contributed by atoms with Crippen molar-refractivity contribution in [2.75, 3.05) is 13.6 Å². The molecule has 1 aromatic heterocycles.